The minimum absolute atomic E-state index is 0.00741. The molecule has 0 aliphatic carbocycles. The Morgan fingerprint density at radius 3 is 2.84 bits per heavy atom. The van der Waals surface area contributed by atoms with Crippen LogP contribution in [0.1, 0.15) is 31.4 Å². The van der Waals surface area contributed by atoms with E-state index in [1.54, 1.807) is 26.0 Å². The minimum Gasteiger partial charge on any atom is -0.495 e. The van der Waals surface area contributed by atoms with Crippen LogP contribution in [0, 0.1) is 0 Å². The number of nitrogens with zero attached hydrogens (tertiary/aromatic N) is 2. The fraction of sp³-hybridized carbons (Fsp3) is 0.500. The average Bonchev–Trinajstić information content (AvgIpc) is 2.57. The maximum absolute atomic E-state index is 11.9. The number of benzene rings is 1. The summed E-state index contributed by atoms with van der Waals surface area (Å²) in [6.45, 7) is 2.20. The third-order valence-corrected chi connectivity index (χ3v) is 3.57. The van der Waals surface area contributed by atoms with Gasteiger partial charge in [0.05, 0.1) is 18.8 Å². The lowest BCUT2D eigenvalue weighted by Gasteiger charge is -2.26. The molecule has 1 atom stereocenters. The smallest absolute Gasteiger partial charge is 0.223 e. The molecule has 19 heavy (non-hydrogen) atoms. The largest absolute Gasteiger partial charge is 0.495 e. The summed E-state index contributed by atoms with van der Waals surface area (Å²) in [4.78, 5) is 13.6. The highest BCUT2D eigenvalue weighted by molar-refractivity contribution is 5.94. The van der Waals surface area contributed by atoms with Gasteiger partial charge >= 0.3 is 0 Å². The van der Waals surface area contributed by atoms with E-state index in [0.29, 0.717) is 12.3 Å². The number of rotatable bonds is 2. The summed E-state index contributed by atoms with van der Waals surface area (Å²) in [6.07, 6.45) is 1.64. The van der Waals surface area contributed by atoms with Crippen molar-refractivity contribution in [2.75, 3.05) is 25.6 Å². The molecule has 1 N–H and O–H groups in total. The number of carbonyl (C=O) groups is 1. The summed E-state index contributed by atoms with van der Waals surface area (Å²) in [6, 6.07) is 5.55. The zero-order valence-corrected chi connectivity index (χ0v) is 11.6. The average molecular weight is 264 g/mol. The van der Waals surface area contributed by atoms with Gasteiger partial charge in [0.25, 0.3) is 0 Å². The van der Waals surface area contributed by atoms with Crippen LogP contribution in [0.3, 0.4) is 0 Å². The van der Waals surface area contributed by atoms with Crippen LogP contribution < -0.4 is 9.64 Å². The van der Waals surface area contributed by atoms with E-state index >= 15 is 0 Å². The molecule has 0 radical (unpaired) electrons. The van der Waals surface area contributed by atoms with Crippen molar-refractivity contribution in [3.63, 3.8) is 0 Å². The molecule has 1 amide bonds. The van der Waals surface area contributed by atoms with E-state index in [1.165, 1.54) is 5.06 Å². The van der Waals surface area contributed by atoms with Gasteiger partial charge in [0.2, 0.25) is 5.91 Å². The molecule has 0 bridgehead atoms. The Bertz CT molecular complexity index is 474. The number of hydroxylamine groups is 2. The van der Waals surface area contributed by atoms with E-state index in [1.807, 2.05) is 18.2 Å². The number of carbonyl (C=O) groups excluding carboxylic acids is 1. The topological polar surface area (TPSA) is 53.0 Å². The second kappa shape index (κ2) is 5.59. The van der Waals surface area contributed by atoms with Crippen molar-refractivity contribution in [2.24, 2.45) is 0 Å². The van der Waals surface area contributed by atoms with E-state index < -0.39 is 0 Å². The molecule has 0 saturated carbocycles. The summed E-state index contributed by atoms with van der Waals surface area (Å²) in [5.74, 6) is 0.661. The maximum atomic E-state index is 11.9. The minimum atomic E-state index is -0.116. The summed E-state index contributed by atoms with van der Waals surface area (Å²) >= 11 is 0. The van der Waals surface area contributed by atoms with E-state index in [0.717, 1.165) is 24.1 Å². The van der Waals surface area contributed by atoms with Crippen LogP contribution in [-0.4, -0.2) is 36.9 Å². The van der Waals surface area contributed by atoms with Gasteiger partial charge in [-0.2, -0.15) is 5.06 Å². The second-order valence-corrected chi connectivity index (χ2v) is 4.80. The highest BCUT2D eigenvalue weighted by atomic mass is 16.5. The number of fused-ring (bicyclic) bond motifs is 1. The molecule has 1 aromatic carbocycles. The Morgan fingerprint density at radius 2 is 2.26 bits per heavy atom. The van der Waals surface area contributed by atoms with Gasteiger partial charge in [-0.3, -0.25) is 4.79 Å². The first-order valence-corrected chi connectivity index (χ1v) is 6.43. The van der Waals surface area contributed by atoms with Crippen LogP contribution in [0.2, 0.25) is 0 Å². The van der Waals surface area contributed by atoms with Crippen molar-refractivity contribution >= 4 is 11.6 Å². The summed E-state index contributed by atoms with van der Waals surface area (Å²) < 4.78 is 5.38. The predicted molar refractivity (Wildman–Crippen MR) is 72.5 cm³/mol. The van der Waals surface area contributed by atoms with Gasteiger partial charge in [-0.15, -0.1) is 0 Å². The standard InChI is InChI=1S/C14H20N2O3/c1-10(17)16-9-5-7-12(15(2)18)11-6-4-8-13(19-3)14(11)16/h4,6,8,12,18H,5,7,9H2,1-3H3. The van der Waals surface area contributed by atoms with Crippen molar-refractivity contribution < 1.29 is 14.7 Å². The molecule has 0 spiro atoms. The molecular weight excluding hydrogens is 244 g/mol. The van der Waals surface area contributed by atoms with E-state index in [9.17, 15) is 10.0 Å². The second-order valence-electron chi connectivity index (χ2n) is 4.80. The lowest BCUT2D eigenvalue weighted by atomic mass is 10.0. The van der Waals surface area contributed by atoms with Gasteiger partial charge in [0.1, 0.15) is 5.75 Å². The van der Waals surface area contributed by atoms with Crippen LogP contribution >= 0.6 is 0 Å². The van der Waals surface area contributed by atoms with Crippen LogP contribution in [0.15, 0.2) is 18.2 Å². The highest BCUT2D eigenvalue weighted by Crippen LogP contribution is 2.41. The van der Waals surface area contributed by atoms with Crippen LogP contribution in [0.4, 0.5) is 5.69 Å². The highest BCUT2D eigenvalue weighted by Gasteiger charge is 2.29. The number of ether oxygens (including phenoxy) is 1. The van der Waals surface area contributed by atoms with E-state index in [2.05, 4.69) is 0 Å². The third-order valence-electron chi connectivity index (χ3n) is 3.57. The number of para-hydroxylation sites is 1. The van der Waals surface area contributed by atoms with Crippen molar-refractivity contribution in [3.8, 4) is 5.75 Å². The van der Waals surface area contributed by atoms with Crippen molar-refractivity contribution in [1.29, 1.82) is 0 Å². The quantitative estimate of drug-likeness (QED) is 0.832. The first-order valence-electron chi connectivity index (χ1n) is 6.43. The number of hydrogen-bond donors (Lipinski definition) is 1. The Balaban J connectivity index is 2.60. The van der Waals surface area contributed by atoms with Gasteiger partial charge in [-0.25, -0.2) is 0 Å². The van der Waals surface area contributed by atoms with Gasteiger partial charge in [0, 0.05) is 20.5 Å². The first kappa shape index (κ1) is 13.8. The molecule has 0 fully saturated rings. The Morgan fingerprint density at radius 1 is 1.53 bits per heavy atom. The molecule has 2 rings (SSSR count). The van der Waals surface area contributed by atoms with E-state index in [-0.39, 0.29) is 11.9 Å². The molecule has 1 aromatic rings. The Labute approximate surface area is 113 Å². The lowest BCUT2D eigenvalue weighted by Crippen LogP contribution is -2.29. The van der Waals surface area contributed by atoms with Gasteiger partial charge in [-0.1, -0.05) is 12.1 Å². The summed E-state index contributed by atoms with van der Waals surface area (Å²) in [5.41, 5.74) is 1.71. The molecule has 0 aromatic heterocycles. The fourth-order valence-electron chi connectivity index (χ4n) is 2.67. The summed E-state index contributed by atoms with van der Waals surface area (Å²) in [7, 11) is 3.23. The molecule has 5 nitrogen and oxygen atoms in total. The Hall–Kier alpha value is -1.59. The molecule has 1 aliphatic rings. The van der Waals surface area contributed by atoms with Crippen molar-refractivity contribution in [1.82, 2.24) is 5.06 Å². The van der Waals surface area contributed by atoms with Gasteiger partial charge < -0.3 is 14.8 Å². The molecule has 0 saturated heterocycles. The third kappa shape index (κ3) is 2.57. The van der Waals surface area contributed by atoms with Crippen molar-refractivity contribution in [3.05, 3.63) is 23.8 Å². The summed E-state index contributed by atoms with van der Waals surface area (Å²) in [5, 5.41) is 11.0. The van der Waals surface area contributed by atoms with Crippen molar-refractivity contribution in [2.45, 2.75) is 25.8 Å². The molecule has 1 aliphatic heterocycles. The number of hydrogen-bond acceptors (Lipinski definition) is 4. The molecule has 1 unspecified atom stereocenters. The zero-order chi connectivity index (χ0) is 14.0. The molecule has 104 valence electrons. The predicted octanol–water partition coefficient (Wildman–Crippen LogP) is 2.20. The van der Waals surface area contributed by atoms with Crippen LogP contribution in [-0.2, 0) is 4.79 Å². The Kier molecular flexibility index (Phi) is 4.07. The maximum Gasteiger partial charge on any atom is 0.223 e. The fourth-order valence-corrected chi connectivity index (χ4v) is 2.67. The normalized spacial score (nSPS) is 19.0. The first-order chi connectivity index (χ1) is 9.06. The van der Waals surface area contributed by atoms with Gasteiger partial charge in [-0.05, 0) is 24.5 Å². The molecular formula is C14H20N2O3. The monoisotopic (exact) mass is 264 g/mol. The SMILES string of the molecule is COc1cccc2c1N(C(C)=O)CCCC2N(C)O. The number of amides is 1. The number of methoxy groups -OCH3 is 1. The number of anilines is 1. The molecule has 5 heteroatoms. The van der Waals surface area contributed by atoms with E-state index in [4.69, 9.17) is 4.74 Å². The molecule has 1 heterocycles. The van der Waals surface area contributed by atoms with Crippen LogP contribution in [0.5, 0.6) is 5.75 Å². The lowest BCUT2D eigenvalue weighted by molar-refractivity contribution is -0.116. The van der Waals surface area contributed by atoms with Gasteiger partial charge in [0.15, 0.2) is 0 Å². The zero-order valence-electron chi connectivity index (χ0n) is 11.6. The van der Waals surface area contributed by atoms with Crippen LogP contribution in [0.25, 0.3) is 0 Å².